The lowest BCUT2D eigenvalue weighted by Crippen LogP contribution is -2.20. The van der Waals surface area contributed by atoms with E-state index in [1.165, 1.54) is 0 Å². The van der Waals surface area contributed by atoms with E-state index in [9.17, 15) is 32.1 Å². The van der Waals surface area contributed by atoms with Gasteiger partial charge in [0.2, 0.25) is 0 Å². The number of nitriles is 1. The second kappa shape index (κ2) is 5.01. The SMILES string of the molecule is N#Cc1ncc([N+](=O)[O-])c(C(F)F)c1OC(F)(F)F. The van der Waals surface area contributed by atoms with Gasteiger partial charge >= 0.3 is 6.36 Å². The van der Waals surface area contributed by atoms with E-state index in [0.717, 1.165) is 6.07 Å². The number of ether oxygens (including phenoxy) is 1. The molecule has 11 heteroatoms. The Morgan fingerprint density at radius 2 is 2.05 bits per heavy atom. The van der Waals surface area contributed by atoms with E-state index in [4.69, 9.17) is 5.26 Å². The van der Waals surface area contributed by atoms with Crippen LogP contribution in [0.4, 0.5) is 27.6 Å². The third kappa shape index (κ3) is 3.24. The van der Waals surface area contributed by atoms with E-state index in [1.54, 1.807) is 0 Å². The Labute approximate surface area is 101 Å². The highest BCUT2D eigenvalue weighted by atomic mass is 19.4. The molecule has 19 heavy (non-hydrogen) atoms. The van der Waals surface area contributed by atoms with Crippen LogP contribution in [0, 0.1) is 21.4 Å². The minimum atomic E-state index is -5.40. The van der Waals surface area contributed by atoms with Crippen molar-refractivity contribution in [1.82, 2.24) is 4.98 Å². The molecule has 1 aromatic heterocycles. The van der Waals surface area contributed by atoms with E-state index < -0.39 is 40.4 Å². The first-order valence-electron chi connectivity index (χ1n) is 4.28. The van der Waals surface area contributed by atoms with E-state index in [2.05, 4.69) is 9.72 Å². The van der Waals surface area contributed by atoms with Crippen molar-refractivity contribution in [2.75, 3.05) is 0 Å². The second-order valence-electron chi connectivity index (χ2n) is 2.95. The molecule has 6 nitrogen and oxygen atoms in total. The first-order chi connectivity index (χ1) is 8.67. The van der Waals surface area contributed by atoms with Gasteiger partial charge in [0.15, 0.2) is 11.4 Å². The van der Waals surface area contributed by atoms with Gasteiger partial charge in [0.05, 0.1) is 4.92 Å². The van der Waals surface area contributed by atoms with Crippen LogP contribution in [0.5, 0.6) is 5.75 Å². The molecule has 0 fully saturated rings. The summed E-state index contributed by atoms with van der Waals surface area (Å²) in [6.07, 6.45) is -8.78. The number of hydrogen-bond acceptors (Lipinski definition) is 5. The summed E-state index contributed by atoms with van der Waals surface area (Å²) in [6.45, 7) is 0. The molecule has 1 heterocycles. The minimum Gasteiger partial charge on any atom is -0.402 e. The summed E-state index contributed by atoms with van der Waals surface area (Å²) in [5.74, 6) is -1.67. The Balaban J connectivity index is 3.59. The molecule has 0 aliphatic heterocycles. The maximum absolute atomic E-state index is 12.7. The largest absolute Gasteiger partial charge is 0.573 e. The van der Waals surface area contributed by atoms with Crippen molar-refractivity contribution in [2.24, 2.45) is 0 Å². The van der Waals surface area contributed by atoms with Gasteiger partial charge in [-0.1, -0.05) is 0 Å². The number of hydrogen-bond donors (Lipinski definition) is 0. The molecule has 0 spiro atoms. The first-order valence-corrected chi connectivity index (χ1v) is 4.28. The van der Waals surface area contributed by atoms with Crippen molar-refractivity contribution in [2.45, 2.75) is 12.8 Å². The Morgan fingerprint density at radius 3 is 2.42 bits per heavy atom. The molecule has 0 aromatic carbocycles. The number of pyridine rings is 1. The lowest BCUT2D eigenvalue weighted by Gasteiger charge is -2.13. The molecule has 0 atom stereocenters. The predicted molar refractivity (Wildman–Crippen MR) is 47.2 cm³/mol. The second-order valence-corrected chi connectivity index (χ2v) is 2.95. The summed E-state index contributed by atoms with van der Waals surface area (Å²) in [5, 5.41) is 18.9. The van der Waals surface area contributed by atoms with E-state index in [0.29, 0.717) is 0 Å². The van der Waals surface area contributed by atoms with Crippen LogP contribution in [0.2, 0.25) is 0 Å². The average molecular weight is 283 g/mol. The highest BCUT2D eigenvalue weighted by Gasteiger charge is 2.38. The summed E-state index contributed by atoms with van der Waals surface area (Å²) in [4.78, 5) is 12.1. The summed E-state index contributed by atoms with van der Waals surface area (Å²) in [6, 6.07) is 1.09. The summed E-state index contributed by atoms with van der Waals surface area (Å²) >= 11 is 0. The zero-order chi connectivity index (χ0) is 14.8. The van der Waals surface area contributed by atoms with Gasteiger partial charge in [-0.05, 0) is 0 Å². The molecule has 0 saturated heterocycles. The maximum Gasteiger partial charge on any atom is 0.573 e. The molecule has 0 amide bonds. The molecule has 0 saturated carbocycles. The number of aromatic nitrogens is 1. The Bertz CT molecular complexity index is 552. The van der Waals surface area contributed by atoms with Crippen molar-refractivity contribution in [3.63, 3.8) is 0 Å². The molecule has 0 radical (unpaired) electrons. The fourth-order valence-corrected chi connectivity index (χ4v) is 1.15. The molecule has 1 rings (SSSR count). The van der Waals surface area contributed by atoms with Gasteiger partial charge < -0.3 is 4.74 Å². The van der Waals surface area contributed by atoms with Crippen LogP contribution in [0.3, 0.4) is 0 Å². The van der Waals surface area contributed by atoms with Gasteiger partial charge in [0.1, 0.15) is 17.8 Å². The highest BCUT2D eigenvalue weighted by molar-refractivity contribution is 5.54. The lowest BCUT2D eigenvalue weighted by atomic mass is 10.1. The summed E-state index contributed by atoms with van der Waals surface area (Å²) < 4.78 is 64.7. The molecule has 0 aliphatic rings. The van der Waals surface area contributed by atoms with Crippen LogP contribution >= 0.6 is 0 Å². The Kier molecular flexibility index (Phi) is 3.83. The van der Waals surface area contributed by atoms with Crippen LogP contribution in [0.25, 0.3) is 0 Å². The van der Waals surface area contributed by atoms with Gasteiger partial charge in [-0.2, -0.15) is 5.26 Å². The molecule has 0 aliphatic carbocycles. The number of nitro groups is 1. The topological polar surface area (TPSA) is 89.0 Å². The number of alkyl halides is 5. The van der Waals surface area contributed by atoms with Crippen molar-refractivity contribution in [3.8, 4) is 11.8 Å². The zero-order valence-electron chi connectivity index (χ0n) is 8.61. The molecule has 1 aromatic rings. The average Bonchev–Trinajstić information content (AvgIpc) is 2.25. The summed E-state index contributed by atoms with van der Waals surface area (Å²) in [7, 11) is 0. The fourth-order valence-electron chi connectivity index (χ4n) is 1.15. The van der Waals surface area contributed by atoms with Crippen molar-refractivity contribution >= 4 is 5.69 Å². The quantitative estimate of drug-likeness (QED) is 0.483. The third-order valence-electron chi connectivity index (χ3n) is 1.79. The number of halogens is 5. The van der Waals surface area contributed by atoms with Gasteiger partial charge in [-0.15, -0.1) is 13.2 Å². The van der Waals surface area contributed by atoms with Crippen LogP contribution < -0.4 is 4.74 Å². The van der Waals surface area contributed by atoms with Gasteiger partial charge in [0, 0.05) is 0 Å². The van der Waals surface area contributed by atoms with Crippen LogP contribution in [0.1, 0.15) is 17.7 Å². The fraction of sp³-hybridized carbons (Fsp3) is 0.250. The normalized spacial score (nSPS) is 11.2. The predicted octanol–water partition coefficient (Wildman–Crippen LogP) is 2.70. The van der Waals surface area contributed by atoms with Gasteiger partial charge in [-0.25, -0.2) is 13.8 Å². The summed E-state index contributed by atoms with van der Waals surface area (Å²) in [5.41, 5.74) is -4.14. The molecule has 0 bridgehead atoms. The maximum atomic E-state index is 12.7. The van der Waals surface area contributed by atoms with E-state index in [-0.39, 0.29) is 6.20 Å². The lowest BCUT2D eigenvalue weighted by molar-refractivity contribution is -0.386. The molecule has 102 valence electrons. The van der Waals surface area contributed by atoms with Gasteiger partial charge in [0.25, 0.3) is 12.1 Å². The highest BCUT2D eigenvalue weighted by Crippen LogP contribution is 2.40. The zero-order valence-corrected chi connectivity index (χ0v) is 8.61. The van der Waals surface area contributed by atoms with Crippen LogP contribution in [0.15, 0.2) is 6.20 Å². The van der Waals surface area contributed by atoms with Gasteiger partial charge in [-0.3, -0.25) is 10.1 Å². The van der Waals surface area contributed by atoms with Crippen LogP contribution in [-0.2, 0) is 0 Å². The standard InChI is InChI=1S/C8H2F5N3O3/c9-7(10)5-4(16(17)18)2-15-3(1-14)6(5)19-8(11,12)13/h2,7H. The minimum absolute atomic E-state index is 0.267. The van der Waals surface area contributed by atoms with E-state index >= 15 is 0 Å². The third-order valence-corrected chi connectivity index (χ3v) is 1.79. The number of nitrogens with zero attached hydrogens (tertiary/aromatic N) is 3. The van der Waals surface area contributed by atoms with E-state index in [1.807, 2.05) is 0 Å². The number of rotatable bonds is 3. The smallest absolute Gasteiger partial charge is 0.402 e. The molecular weight excluding hydrogens is 281 g/mol. The van der Waals surface area contributed by atoms with Crippen molar-refractivity contribution in [1.29, 1.82) is 5.26 Å². The van der Waals surface area contributed by atoms with Crippen molar-refractivity contribution in [3.05, 3.63) is 27.6 Å². The molecular formula is C8H2F5N3O3. The van der Waals surface area contributed by atoms with Crippen molar-refractivity contribution < 1.29 is 31.6 Å². The molecule has 0 unspecified atom stereocenters. The molecule has 0 N–H and O–H groups in total. The Hall–Kier alpha value is -2.51. The Morgan fingerprint density at radius 1 is 1.47 bits per heavy atom. The monoisotopic (exact) mass is 283 g/mol. The first kappa shape index (κ1) is 14.6. The van der Waals surface area contributed by atoms with Crippen LogP contribution in [-0.4, -0.2) is 16.3 Å².